The summed E-state index contributed by atoms with van der Waals surface area (Å²) in [6, 6.07) is 14.1. The second kappa shape index (κ2) is 13.7. The molecule has 0 heterocycles. The van der Waals surface area contributed by atoms with Gasteiger partial charge in [-0.05, 0) is 36.8 Å². The largest absolute Gasteiger partial charge is 0.488 e. The molecule has 6 nitrogen and oxygen atoms in total. The first-order chi connectivity index (χ1) is 17.9. The highest BCUT2D eigenvalue weighted by Gasteiger charge is 2.20. The number of carbonyl (C=O) groups is 2. The van der Waals surface area contributed by atoms with Crippen molar-refractivity contribution in [1.82, 2.24) is 0 Å². The molecule has 196 valence electrons. The first-order valence-corrected chi connectivity index (χ1v) is 13.5. The van der Waals surface area contributed by atoms with Crippen LogP contribution in [0.25, 0.3) is 21.5 Å². The number of carbonyl (C=O) groups excluding carboxylic acids is 2. The molecule has 3 aromatic carbocycles. The molecule has 0 saturated heterocycles. The van der Waals surface area contributed by atoms with Crippen LogP contribution in [0.1, 0.15) is 33.6 Å². The standard InChI is InChI=1S/C30H34O6S/c1-6-20(35-27(31)8-3)18-33-29-23-13-11-12-14-24(23)30(34-19-21(7-2)36-28(32)9-4)26-17-22(37-10-5)15-16-25(26)29/h8-9,11-17,20-21H,3-4,6-7,10,18-19H2,1-2,5H3. The van der Waals surface area contributed by atoms with Crippen LogP contribution in [0, 0.1) is 0 Å². The Morgan fingerprint density at radius 1 is 0.784 bits per heavy atom. The van der Waals surface area contributed by atoms with Gasteiger partial charge in [0.05, 0.1) is 0 Å². The summed E-state index contributed by atoms with van der Waals surface area (Å²) in [6.45, 7) is 13.3. The van der Waals surface area contributed by atoms with Crippen molar-refractivity contribution in [3.63, 3.8) is 0 Å². The van der Waals surface area contributed by atoms with Crippen LogP contribution in [-0.4, -0.2) is 43.1 Å². The van der Waals surface area contributed by atoms with Crippen molar-refractivity contribution in [3.05, 3.63) is 67.8 Å². The van der Waals surface area contributed by atoms with Gasteiger partial charge in [-0.1, -0.05) is 58.2 Å². The van der Waals surface area contributed by atoms with Gasteiger partial charge in [0.15, 0.2) is 0 Å². The Labute approximate surface area is 222 Å². The summed E-state index contributed by atoms with van der Waals surface area (Å²) in [5.41, 5.74) is 0. The third kappa shape index (κ3) is 7.07. The lowest BCUT2D eigenvalue weighted by atomic mass is 10.0. The third-order valence-corrected chi connectivity index (χ3v) is 6.72. The quantitative estimate of drug-likeness (QED) is 0.0989. The molecule has 2 unspecified atom stereocenters. The highest BCUT2D eigenvalue weighted by molar-refractivity contribution is 7.99. The van der Waals surface area contributed by atoms with E-state index in [1.807, 2.05) is 44.2 Å². The molecule has 0 bridgehead atoms. The van der Waals surface area contributed by atoms with E-state index < -0.39 is 24.1 Å². The zero-order valence-corrected chi connectivity index (χ0v) is 22.5. The number of hydrogen-bond donors (Lipinski definition) is 0. The molecule has 37 heavy (non-hydrogen) atoms. The van der Waals surface area contributed by atoms with E-state index in [0.717, 1.165) is 44.3 Å². The maximum Gasteiger partial charge on any atom is 0.330 e. The predicted molar refractivity (Wildman–Crippen MR) is 150 cm³/mol. The average molecular weight is 523 g/mol. The van der Waals surface area contributed by atoms with Crippen LogP contribution in [0.4, 0.5) is 0 Å². The molecular formula is C30H34O6S. The van der Waals surface area contributed by atoms with Gasteiger partial charge in [-0.25, -0.2) is 9.59 Å². The molecule has 0 saturated carbocycles. The van der Waals surface area contributed by atoms with E-state index in [1.54, 1.807) is 11.8 Å². The molecule has 0 aliphatic heterocycles. The summed E-state index contributed by atoms with van der Waals surface area (Å²) in [5, 5.41) is 3.54. The van der Waals surface area contributed by atoms with Crippen LogP contribution in [0.5, 0.6) is 11.5 Å². The Morgan fingerprint density at radius 3 is 1.73 bits per heavy atom. The summed E-state index contributed by atoms with van der Waals surface area (Å²) < 4.78 is 23.6. The molecule has 0 fully saturated rings. The molecule has 0 aromatic heterocycles. The van der Waals surface area contributed by atoms with E-state index in [2.05, 4.69) is 32.2 Å². The normalized spacial score (nSPS) is 12.5. The van der Waals surface area contributed by atoms with Crippen LogP contribution in [-0.2, 0) is 19.1 Å². The summed E-state index contributed by atoms with van der Waals surface area (Å²) in [7, 11) is 0. The van der Waals surface area contributed by atoms with Crippen molar-refractivity contribution in [3.8, 4) is 11.5 Å². The van der Waals surface area contributed by atoms with Crippen LogP contribution < -0.4 is 9.47 Å². The fourth-order valence-corrected chi connectivity index (χ4v) is 4.59. The van der Waals surface area contributed by atoms with Crippen LogP contribution >= 0.6 is 11.8 Å². The van der Waals surface area contributed by atoms with Gasteiger partial charge in [0, 0.05) is 38.6 Å². The molecule has 0 N–H and O–H groups in total. The van der Waals surface area contributed by atoms with Crippen molar-refractivity contribution < 1.29 is 28.5 Å². The number of thioether (sulfide) groups is 1. The lowest BCUT2D eigenvalue weighted by molar-refractivity contribution is -0.145. The van der Waals surface area contributed by atoms with E-state index in [1.165, 1.54) is 0 Å². The maximum absolute atomic E-state index is 11.8. The SMILES string of the molecule is C=CC(=O)OC(CC)COc1c2ccccc2c(OCC(CC)OC(=O)C=C)c2cc(SCC)ccc12. The highest BCUT2D eigenvalue weighted by Crippen LogP contribution is 2.44. The number of rotatable bonds is 14. The van der Waals surface area contributed by atoms with Gasteiger partial charge in [0.1, 0.15) is 36.9 Å². The molecule has 0 aliphatic rings. The molecule has 3 aromatic rings. The van der Waals surface area contributed by atoms with Gasteiger partial charge < -0.3 is 18.9 Å². The number of fused-ring (bicyclic) bond motifs is 2. The van der Waals surface area contributed by atoms with Gasteiger partial charge >= 0.3 is 11.9 Å². The Hall–Kier alpha value is -3.45. The van der Waals surface area contributed by atoms with Crippen molar-refractivity contribution in [2.45, 2.75) is 50.7 Å². The van der Waals surface area contributed by atoms with Gasteiger partial charge in [-0.2, -0.15) is 0 Å². The first-order valence-electron chi connectivity index (χ1n) is 12.5. The smallest absolute Gasteiger partial charge is 0.330 e. The highest BCUT2D eigenvalue weighted by atomic mass is 32.2. The maximum atomic E-state index is 11.8. The van der Waals surface area contributed by atoms with Crippen LogP contribution in [0.2, 0.25) is 0 Å². The van der Waals surface area contributed by atoms with Crippen LogP contribution in [0.3, 0.4) is 0 Å². The fraction of sp³-hybridized carbons (Fsp3) is 0.333. The average Bonchev–Trinajstić information content (AvgIpc) is 2.93. The summed E-state index contributed by atoms with van der Waals surface area (Å²) in [4.78, 5) is 24.6. The minimum Gasteiger partial charge on any atom is -0.488 e. The zero-order chi connectivity index (χ0) is 26.8. The Morgan fingerprint density at radius 2 is 1.27 bits per heavy atom. The fourth-order valence-electron chi connectivity index (χ4n) is 3.89. The lowest BCUT2D eigenvalue weighted by Crippen LogP contribution is -2.24. The van der Waals surface area contributed by atoms with Crippen molar-refractivity contribution in [2.24, 2.45) is 0 Å². The predicted octanol–water partition coefficient (Wildman–Crippen LogP) is 6.88. The molecule has 7 heteroatoms. The van der Waals surface area contributed by atoms with Gasteiger partial charge in [0.25, 0.3) is 0 Å². The van der Waals surface area contributed by atoms with E-state index in [4.69, 9.17) is 18.9 Å². The van der Waals surface area contributed by atoms with Gasteiger partial charge in [-0.15, -0.1) is 11.8 Å². The zero-order valence-electron chi connectivity index (χ0n) is 21.7. The number of benzene rings is 3. The van der Waals surface area contributed by atoms with Crippen molar-refractivity contribution >= 4 is 45.2 Å². The topological polar surface area (TPSA) is 71.1 Å². The summed E-state index contributed by atoms with van der Waals surface area (Å²) >= 11 is 1.74. The number of hydrogen-bond acceptors (Lipinski definition) is 7. The molecule has 3 rings (SSSR count). The van der Waals surface area contributed by atoms with Crippen LogP contribution in [0.15, 0.2) is 72.7 Å². The molecule has 2 atom stereocenters. The van der Waals surface area contributed by atoms with Gasteiger partial charge in [0.2, 0.25) is 0 Å². The van der Waals surface area contributed by atoms with Crippen molar-refractivity contribution in [2.75, 3.05) is 19.0 Å². The minimum atomic E-state index is -0.474. The second-order valence-corrected chi connectivity index (χ2v) is 9.65. The first kappa shape index (κ1) is 28.1. The Balaban J connectivity index is 2.08. The number of ether oxygens (including phenoxy) is 4. The van der Waals surface area contributed by atoms with Gasteiger partial charge in [-0.3, -0.25) is 0 Å². The second-order valence-electron chi connectivity index (χ2n) is 8.31. The summed E-state index contributed by atoms with van der Waals surface area (Å²) in [6.07, 6.45) is 2.71. The molecule has 0 amide bonds. The van der Waals surface area contributed by atoms with E-state index in [9.17, 15) is 9.59 Å². The molecular weight excluding hydrogens is 488 g/mol. The molecule has 0 radical (unpaired) electrons. The van der Waals surface area contributed by atoms with E-state index in [0.29, 0.717) is 24.3 Å². The third-order valence-electron chi connectivity index (χ3n) is 5.84. The Bertz CT molecular complexity index is 1270. The lowest BCUT2D eigenvalue weighted by Gasteiger charge is -2.22. The monoisotopic (exact) mass is 522 g/mol. The van der Waals surface area contributed by atoms with E-state index in [-0.39, 0.29) is 13.2 Å². The van der Waals surface area contributed by atoms with Crippen molar-refractivity contribution in [1.29, 1.82) is 0 Å². The molecule has 0 spiro atoms. The number of esters is 2. The minimum absolute atomic E-state index is 0.204. The summed E-state index contributed by atoms with van der Waals surface area (Å²) in [5.74, 6) is 1.39. The van der Waals surface area contributed by atoms with E-state index >= 15 is 0 Å². The Kier molecular flexibility index (Phi) is 10.4. The molecule has 0 aliphatic carbocycles.